The van der Waals surface area contributed by atoms with Gasteiger partial charge >= 0.3 is 0 Å². The Morgan fingerprint density at radius 1 is 1.35 bits per heavy atom. The van der Waals surface area contributed by atoms with Gasteiger partial charge in [-0.2, -0.15) is 5.26 Å². The monoisotopic (exact) mass is 349 g/mol. The van der Waals surface area contributed by atoms with Crippen molar-refractivity contribution in [3.8, 4) is 6.07 Å². The van der Waals surface area contributed by atoms with Crippen LogP contribution in [0.15, 0.2) is 12.4 Å². The van der Waals surface area contributed by atoms with E-state index in [0.717, 1.165) is 0 Å². The predicted octanol–water partition coefficient (Wildman–Crippen LogP) is -0.265. The van der Waals surface area contributed by atoms with Crippen LogP contribution >= 0.6 is 0 Å². The summed E-state index contributed by atoms with van der Waals surface area (Å²) < 4.78 is 4.50. The first kappa shape index (κ1) is 18.8. The topological polar surface area (TPSA) is 32.6 Å². The summed E-state index contributed by atoms with van der Waals surface area (Å²) in [5, 5.41) is 7.32. The maximum atomic E-state index is 7.32. The van der Waals surface area contributed by atoms with Crippen LogP contribution in [-0.4, -0.2) is 4.57 Å². The van der Waals surface area contributed by atoms with E-state index in [1.807, 2.05) is 0 Å². The summed E-state index contributed by atoms with van der Waals surface area (Å²) in [5.41, 5.74) is 0. The lowest BCUT2D eigenvalue weighted by molar-refractivity contribution is -0.677. The van der Waals surface area contributed by atoms with Crippen LogP contribution in [0.5, 0.6) is 0 Å². The molecule has 0 radical (unpaired) electrons. The Labute approximate surface area is 122 Å². The van der Waals surface area contributed by atoms with E-state index in [4.69, 9.17) is 5.26 Å². The normalized spacial score (nSPS) is 8.65. The number of aryl methyl sites for hydroxylation is 2. The molecule has 0 aliphatic rings. The van der Waals surface area contributed by atoms with Crippen molar-refractivity contribution < 1.29 is 28.5 Å². The van der Waals surface area contributed by atoms with Crippen molar-refractivity contribution in [3.63, 3.8) is 0 Å². The number of hydrogen-bond donors (Lipinski definition) is 0. The molecule has 1 aromatic rings. The summed E-state index contributed by atoms with van der Waals surface area (Å²) in [6.45, 7) is 7.02. The highest BCUT2D eigenvalue weighted by Gasteiger charge is 2.06. The lowest BCUT2D eigenvalue weighted by atomic mass is 10.2. The zero-order valence-corrected chi connectivity index (χ0v) is 13.6. The molecule has 0 saturated carbocycles. The van der Waals surface area contributed by atoms with Gasteiger partial charge in [0, 0.05) is 13.8 Å². The molecule has 0 fully saturated rings. The Kier molecular flexibility index (Phi) is 13.2. The molecule has 0 aromatic carbocycles. The largest absolute Gasteiger partial charge is 1.00 e. The van der Waals surface area contributed by atoms with Crippen LogP contribution in [0.3, 0.4) is 0 Å². The van der Waals surface area contributed by atoms with Gasteiger partial charge in [0.05, 0.1) is 19.7 Å². The van der Waals surface area contributed by atoms with Gasteiger partial charge in [0.15, 0.2) is 0 Å². The number of nitrogens with zero attached hydrogens (tertiary/aromatic N) is 3. The molecule has 1 rings (SSSR count). The van der Waals surface area contributed by atoms with Crippen molar-refractivity contribution in [2.24, 2.45) is 7.05 Å². The maximum Gasteiger partial charge on any atom is 0.253 e. The number of hydrogen-bond acceptors (Lipinski definition) is 1. The molecule has 3 nitrogen and oxygen atoms in total. The van der Waals surface area contributed by atoms with Crippen molar-refractivity contribution >= 4 is 0 Å². The first-order chi connectivity index (χ1) is 7.67. The van der Waals surface area contributed by atoms with Crippen molar-refractivity contribution in [1.82, 2.24) is 4.57 Å². The van der Waals surface area contributed by atoms with Gasteiger partial charge in [-0.15, -0.1) is 0 Å². The number of nitriles is 1. The van der Waals surface area contributed by atoms with E-state index < -0.39 is 0 Å². The number of rotatable bonds is 5. The molecule has 17 heavy (non-hydrogen) atoms. The number of aromatic nitrogens is 2. The molecule has 0 N–H and O–H groups in total. The maximum absolute atomic E-state index is 7.32. The lowest BCUT2D eigenvalue weighted by Crippen LogP contribution is -3.00. The van der Waals surface area contributed by atoms with E-state index in [1.54, 1.807) is 6.07 Å². The highest BCUT2D eigenvalue weighted by molar-refractivity contribution is 4.78. The average Bonchev–Trinajstić information content (AvgIpc) is 2.57. The molecular weight excluding hydrogens is 325 g/mol. The minimum atomic E-state index is 0. The standard InChI is InChI=1S/C11H21N2.C2H3N.HI/c1-4-5-6-7-8-13-10-9-12(3)11(13)2;1-2-3;/h9-10H,4-8H2,1-3H3;1H3;1H/q+1;;/p-1. The summed E-state index contributed by atoms with van der Waals surface area (Å²) in [5.74, 6) is 1.34. The van der Waals surface area contributed by atoms with Gasteiger partial charge in [-0.1, -0.05) is 19.8 Å². The van der Waals surface area contributed by atoms with E-state index in [2.05, 4.69) is 42.4 Å². The Morgan fingerprint density at radius 2 is 1.94 bits per heavy atom. The van der Waals surface area contributed by atoms with E-state index in [0.29, 0.717) is 0 Å². The number of imidazole rings is 1. The van der Waals surface area contributed by atoms with Gasteiger partial charge in [-0.25, -0.2) is 9.13 Å². The molecule has 4 heteroatoms. The van der Waals surface area contributed by atoms with E-state index in [1.165, 1.54) is 45.0 Å². The summed E-state index contributed by atoms with van der Waals surface area (Å²) in [6, 6.07) is 1.75. The Morgan fingerprint density at radius 3 is 2.35 bits per heavy atom. The molecule has 0 aliphatic heterocycles. The third-order valence-corrected chi connectivity index (χ3v) is 2.65. The lowest BCUT2D eigenvalue weighted by Gasteiger charge is -1.98. The molecule has 0 atom stereocenters. The fourth-order valence-electron chi connectivity index (χ4n) is 1.54. The molecule has 0 amide bonds. The number of unbranched alkanes of at least 4 members (excludes halogenated alkanes) is 3. The van der Waals surface area contributed by atoms with Crippen molar-refractivity contribution in [1.29, 1.82) is 5.26 Å². The molecule has 0 unspecified atom stereocenters. The molecule has 0 saturated heterocycles. The van der Waals surface area contributed by atoms with Crippen LogP contribution in [0.4, 0.5) is 0 Å². The van der Waals surface area contributed by atoms with E-state index in [9.17, 15) is 0 Å². The first-order valence-electron chi connectivity index (χ1n) is 5.99. The van der Waals surface area contributed by atoms with Crippen molar-refractivity contribution in [3.05, 3.63) is 18.2 Å². The summed E-state index contributed by atoms with van der Waals surface area (Å²) in [4.78, 5) is 0. The van der Waals surface area contributed by atoms with Gasteiger partial charge in [0.1, 0.15) is 12.4 Å². The van der Waals surface area contributed by atoms with Crippen LogP contribution in [-0.2, 0) is 13.6 Å². The van der Waals surface area contributed by atoms with Crippen LogP contribution in [0.2, 0.25) is 0 Å². The van der Waals surface area contributed by atoms with Gasteiger partial charge in [0.25, 0.3) is 5.82 Å². The highest BCUT2D eigenvalue weighted by atomic mass is 127. The molecule has 1 aromatic heterocycles. The summed E-state index contributed by atoms with van der Waals surface area (Å²) in [6.07, 6.45) is 9.64. The molecular formula is C13H24IN3. The van der Waals surface area contributed by atoms with E-state index >= 15 is 0 Å². The molecule has 98 valence electrons. The average molecular weight is 349 g/mol. The van der Waals surface area contributed by atoms with Crippen molar-refractivity contribution in [2.45, 2.75) is 53.0 Å². The Bertz CT molecular complexity index is 326. The second kappa shape index (κ2) is 11.9. The Hall–Kier alpha value is -0.570. The van der Waals surface area contributed by atoms with Crippen LogP contribution in [0.25, 0.3) is 0 Å². The van der Waals surface area contributed by atoms with Gasteiger partial charge in [-0.3, -0.25) is 0 Å². The third-order valence-electron chi connectivity index (χ3n) is 2.65. The second-order valence-corrected chi connectivity index (χ2v) is 3.93. The number of halogens is 1. The van der Waals surface area contributed by atoms with Crippen LogP contribution in [0, 0.1) is 18.3 Å². The van der Waals surface area contributed by atoms with Crippen molar-refractivity contribution in [2.75, 3.05) is 0 Å². The fourth-order valence-corrected chi connectivity index (χ4v) is 1.54. The van der Waals surface area contributed by atoms with Gasteiger partial charge < -0.3 is 24.0 Å². The zero-order chi connectivity index (χ0) is 12.4. The van der Waals surface area contributed by atoms with Gasteiger partial charge in [-0.05, 0) is 12.8 Å². The van der Waals surface area contributed by atoms with Crippen LogP contribution < -0.4 is 28.5 Å². The molecule has 0 aliphatic carbocycles. The molecule has 0 bridgehead atoms. The summed E-state index contributed by atoms with van der Waals surface area (Å²) in [7, 11) is 2.10. The first-order valence-corrected chi connectivity index (χ1v) is 5.99. The SMILES string of the molecule is CC#N.CCCCCCn1cc[n+](C)c1C.[I-]. The molecule has 0 spiro atoms. The predicted molar refractivity (Wildman–Crippen MR) is 65.8 cm³/mol. The fraction of sp³-hybridized carbons (Fsp3) is 0.692. The third kappa shape index (κ3) is 8.19. The minimum absolute atomic E-state index is 0. The van der Waals surface area contributed by atoms with E-state index in [-0.39, 0.29) is 24.0 Å². The summed E-state index contributed by atoms with van der Waals surface area (Å²) >= 11 is 0. The Balaban J connectivity index is 0. The minimum Gasteiger partial charge on any atom is -1.00 e. The molecule has 1 heterocycles. The highest BCUT2D eigenvalue weighted by Crippen LogP contribution is 2.02. The van der Waals surface area contributed by atoms with Gasteiger partial charge in [0.2, 0.25) is 0 Å². The quantitative estimate of drug-likeness (QED) is 0.410. The smallest absolute Gasteiger partial charge is 0.253 e. The second-order valence-electron chi connectivity index (χ2n) is 3.93. The van der Waals surface area contributed by atoms with Crippen LogP contribution in [0.1, 0.15) is 45.4 Å². The zero-order valence-electron chi connectivity index (χ0n) is 11.4.